The maximum Gasteiger partial charge on any atom is 0.216 e. The van der Waals surface area contributed by atoms with Crippen LogP contribution in [0.25, 0.3) is 16.9 Å². The lowest BCUT2D eigenvalue weighted by molar-refractivity contribution is 0.179. The lowest BCUT2D eigenvalue weighted by Gasteiger charge is -2.26. The van der Waals surface area contributed by atoms with E-state index in [-0.39, 0.29) is 11.5 Å². The van der Waals surface area contributed by atoms with Gasteiger partial charge in [0.05, 0.1) is 17.4 Å². The van der Waals surface area contributed by atoms with Crippen LogP contribution in [0.3, 0.4) is 0 Å². The standard InChI is InChI=1S/C17H14ClN3O2/c1-10-5-6-13-15(22)14-16(20-8-7-19-14)21(17(13)23-10)12-4-2-3-11(18)9-12/h2-4,7-10H,5-6H2,1H3. The first-order chi connectivity index (χ1) is 11.1. The van der Waals surface area contributed by atoms with Crippen LogP contribution in [-0.2, 0) is 6.42 Å². The Morgan fingerprint density at radius 3 is 2.96 bits per heavy atom. The van der Waals surface area contributed by atoms with Crippen LogP contribution < -0.4 is 10.2 Å². The van der Waals surface area contributed by atoms with Crippen LogP contribution in [0.2, 0.25) is 5.02 Å². The molecule has 5 nitrogen and oxygen atoms in total. The first-order valence-electron chi connectivity index (χ1n) is 7.46. The molecule has 0 spiro atoms. The second-order valence-corrected chi connectivity index (χ2v) is 6.06. The molecule has 0 fully saturated rings. The van der Waals surface area contributed by atoms with Crippen molar-refractivity contribution in [2.75, 3.05) is 0 Å². The van der Waals surface area contributed by atoms with Crippen molar-refractivity contribution in [2.24, 2.45) is 0 Å². The molecule has 0 N–H and O–H groups in total. The number of benzene rings is 1. The average Bonchev–Trinajstić information content (AvgIpc) is 2.55. The smallest absolute Gasteiger partial charge is 0.216 e. The highest BCUT2D eigenvalue weighted by molar-refractivity contribution is 6.30. The molecule has 116 valence electrons. The topological polar surface area (TPSA) is 57.0 Å². The molecule has 0 saturated carbocycles. The molecule has 1 atom stereocenters. The lowest BCUT2D eigenvalue weighted by Crippen LogP contribution is -2.28. The van der Waals surface area contributed by atoms with Crippen molar-refractivity contribution in [3.8, 4) is 11.6 Å². The summed E-state index contributed by atoms with van der Waals surface area (Å²) in [6.07, 6.45) is 4.62. The highest BCUT2D eigenvalue weighted by Crippen LogP contribution is 2.31. The highest BCUT2D eigenvalue weighted by Gasteiger charge is 2.26. The van der Waals surface area contributed by atoms with Crippen LogP contribution in [0.4, 0.5) is 0 Å². The van der Waals surface area contributed by atoms with Crippen LogP contribution in [0.15, 0.2) is 41.5 Å². The van der Waals surface area contributed by atoms with E-state index in [4.69, 9.17) is 16.3 Å². The molecule has 6 heteroatoms. The van der Waals surface area contributed by atoms with Gasteiger partial charge in [-0.3, -0.25) is 9.36 Å². The second-order valence-electron chi connectivity index (χ2n) is 5.62. The Hall–Kier alpha value is -2.40. The lowest BCUT2D eigenvalue weighted by atomic mass is 10.0. The van der Waals surface area contributed by atoms with Crippen LogP contribution in [-0.4, -0.2) is 20.6 Å². The summed E-state index contributed by atoms with van der Waals surface area (Å²) in [5, 5.41) is 0.607. The molecule has 23 heavy (non-hydrogen) atoms. The number of hydrogen-bond donors (Lipinski definition) is 0. The average molecular weight is 328 g/mol. The fourth-order valence-electron chi connectivity index (χ4n) is 2.92. The van der Waals surface area contributed by atoms with E-state index in [1.54, 1.807) is 12.3 Å². The molecule has 3 heterocycles. The summed E-state index contributed by atoms with van der Waals surface area (Å²) in [5.74, 6) is 0.545. The SMILES string of the molecule is CC1CCc2c(n(-c3cccc(Cl)c3)c3nccnc3c2=O)O1. The molecule has 1 aliphatic rings. The summed E-state index contributed by atoms with van der Waals surface area (Å²) >= 11 is 6.14. The van der Waals surface area contributed by atoms with E-state index in [0.717, 1.165) is 12.1 Å². The van der Waals surface area contributed by atoms with Gasteiger partial charge in [-0.05, 0) is 38.0 Å². The zero-order valence-electron chi connectivity index (χ0n) is 12.5. The highest BCUT2D eigenvalue weighted by atomic mass is 35.5. The minimum atomic E-state index is -0.103. The van der Waals surface area contributed by atoms with Gasteiger partial charge in [-0.25, -0.2) is 9.97 Å². The number of nitrogens with zero attached hydrogens (tertiary/aromatic N) is 3. The Morgan fingerprint density at radius 2 is 2.13 bits per heavy atom. The zero-order valence-corrected chi connectivity index (χ0v) is 13.2. The van der Waals surface area contributed by atoms with E-state index in [0.29, 0.717) is 34.1 Å². The van der Waals surface area contributed by atoms with E-state index >= 15 is 0 Å². The summed E-state index contributed by atoms with van der Waals surface area (Å²) in [4.78, 5) is 21.3. The minimum Gasteiger partial charge on any atom is -0.475 e. The van der Waals surface area contributed by atoms with Crippen LogP contribution >= 0.6 is 11.6 Å². The van der Waals surface area contributed by atoms with E-state index in [1.165, 1.54) is 6.20 Å². The van der Waals surface area contributed by atoms with Crippen molar-refractivity contribution in [3.63, 3.8) is 0 Å². The van der Waals surface area contributed by atoms with Gasteiger partial charge in [0.25, 0.3) is 0 Å². The normalized spacial score (nSPS) is 16.9. The molecule has 1 aromatic carbocycles. The number of aromatic nitrogens is 3. The molecule has 3 aromatic rings. The van der Waals surface area contributed by atoms with Crippen LogP contribution in [0.5, 0.6) is 5.88 Å². The number of halogens is 1. The third kappa shape index (κ3) is 2.28. The van der Waals surface area contributed by atoms with Gasteiger partial charge in [-0.2, -0.15) is 0 Å². The van der Waals surface area contributed by atoms with E-state index in [1.807, 2.05) is 29.7 Å². The van der Waals surface area contributed by atoms with Crippen molar-refractivity contribution in [2.45, 2.75) is 25.9 Å². The third-order valence-electron chi connectivity index (χ3n) is 4.02. The number of rotatable bonds is 1. The molecule has 2 aromatic heterocycles. The largest absolute Gasteiger partial charge is 0.475 e. The third-order valence-corrected chi connectivity index (χ3v) is 4.26. The van der Waals surface area contributed by atoms with Crippen LogP contribution in [0.1, 0.15) is 18.9 Å². The Kier molecular flexibility index (Phi) is 3.31. The maximum absolute atomic E-state index is 12.7. The van der Waals surface area contributed by atoms with Gasteiger partial charge >= 0.3 is 0 Å². The predicted octanol–water partition coefficient (Wildman–Crippen LogP) is 3.15. The van der Waals surface area contributed by atoms with Gasteiger partial charge in [0.2, 0.25) is 11.3 Å². The molecule has 0 radical (unpaired) electrons. The van der Waals surface area contributed by atoms with Crippen molar-refractivity contribution in [3.05, 3.63) is 57.5 Å². The predicted molar refractivity (Wildman–Crippen MR) is 88.6 cm³/mol. The second kappa shape index (κ2) is 5.35. The Balaban J connectivity index is 2.15. The molecule has 4 rings (SSSR count). The van der Waals surface area contributed by atoms with E-state index in [9.17, 15) is 4.79 Å². The fraction of sp³-hybridized carbons (Fsp3) is 0.235. The Bertz CT molecular complexity index is 968. The molecule has 1 unspecified atom stereocenters. The van der Waals surface area contributed by atoms with Crippen LogP contribution in [0, 0.1) is 0 Å². The molecule has 0 aliphatic carbocycles. The van der Waals surface area contributed by atoms with Gasteiger partial charge < -0.3 is 4.74 Å². The summed E-state index contributed by atoms with van der Waals surface area (Å²) in [5.41, 5.74) is 2.18. The quantitative estimate of drug-likeness (QED) is 0.689. The van der Waals surface area contributed by atoms with Gasteiger partial charge in [0.1, 0.15) is 0 Å². The van der Waals surface area contributed by atoms with Gasteiger partial charge in [0.15, 0.2) is 11.2 Å². The Morgan fingerprint density at radius 1 is 1.30 bits per heavy atom. The van der Waals surface area contributed by atoms with E-state index < -0.39 is 0 Å². The van der Waals surface area contributed by atoms with Crippen molar-refractivity contribution < 1.29 is 4.74 Å². The van der Waals surface area contributed by atoms with Crippen molar-refractivity contribution in [1.29, 1.82) is 0 Å². The van der Waals surface area contributed by atoms with Gasteiger partial charge in [-0.1, -0.05) is 17.7 Å². The molecule has 0 saturated heterocycles. The van der Waals surface area contributed by atoms with E-state index in [2.05, 4.69) is 9.97 Å². The number of fused-ring (bicyclic) bond motifs is 2. The van der Waals surface area contributed by atoms with Crippen molar-refractivity contribution in [1.82, 2.24) is 14.5 Å². The number of ether oxygens (including phenoxy) is 1. The van der Waals surface area contributed by atoms with Gasteiger partial charge in [-0.15, -0.1) is 0 Å². The first-order valence-corrected chi connectivity index (χ1v) is 7.84. The number of pyridine rings is 1. The summed E-state index contributed by atoms with van der Waals surface area (Å²) in [6, 6.07) is 7.39. The molecule has 1 aliphatic heterocycles. The summed E-state index contributed by atoms with van der Waals surface area (Å²) in [6.45, 7) is 2.00. The first kappa shape index (κ1) is 14.2. The maximum atomic E-state index is 12.7. The summed E-state index contributed by atoms with van der Waals surface area (Å²) in [7, 11) is 0. The zero-order chi connectivity index (χ0) is 16.0. The van der Waals surface area contributed by atoms with Crippen molar-refractivity contribution >= 4 is 22.8 Å². The molecule has 0 amide bonds. The monoisotopic (exact) mass is 327 g/mol. The molecular weight excluding hydrogens is 314 g/mol. The molecular formula is C17H14ClN3O2. The molecule has 0 bridgehead atoms. The van der Waals surface area contributed by atoms with Gasteiger partial charge in [0, 0.05) is 17.4 Å². The minimum absolute atomic E-state index is 0.0430. The number of hydrogen-bond acceptors (Lipinski definition) is 4. The summed E-state index contributed by atoms with van der Waals surface area (Å²) < 4.78 is 7.83. The fourth-order valence-corrected chi connectivity index (χ4v) is 3.11. The Labute approximate surface area is 137 Å².